The van der Waals surface area contributed by atoms with E-state index in [0.717, 1.165) is 5.56 Å². The van der Waals surface area contributed by atoms with Gasteiger partial charge in [-0.25, -0.2) is 4.39 Å². The molecule has 0 aliphatic rings. The van der Waals surface area contributed by atoms with Crippen LogP contribution in [0.5, 0.6) is 5.75 Å². The van der Waals surface area contributed by atoms with Crippen LogP contribution < -0.4 is 4.74 Å². The molecule has 0 aliphatic carbocycles. The third kappa shape index (κ3) is 3.94. The summed E-state index contributed by atoms with van der Waals surface area (Å²) in [6, 6.07) is 17.7. The van der Waals surface area contributed by atoms with Crippen LogP contribution >= 0.6 is 0 Å². The molecule has 5 heteroatoms. The van der Waals surface area contributed by atoms with Crippen LogP contribution in [0.1, 0.15) is 11.1 Å². The van der Waals surface area contributed by atoms with Crippen LogP contribution in [0.25, 0.3) is 5.57 Å². The zero-order valence-electron chi connectivity index (χ0n) is 12.0. The first-order valence-corrected chi connectivity index (χ1v) is 6.60. The van der Waals surface area contributed by atoms with E-state index in [9.17, 15) is 4.39 Å². The van der Waals surface area contributed by atoms with E-state index in [2.05, 4.69) is 0 Å². The zero-order valence-corrected chi connectivity index (χ0v) is 12.0. The highest BCUT2D eigenvalue weighted by Gasteiger charge is 2.08. The number of ether oxygens (including phenoxy) is 1. The summed E-state index contributed by atoms with van der Waals surface area (Å²) < 4.78 is 18.4. The topological polar surface area (TPSA) is 80.6 Å². The van der Waals surface area contributed by atoms with Crippen LogP contribution in [0.15, 0.2) is 54.1 Å². The molecule has 0 saturated carbocycles. The van der Waals surface area contributed by atoms with Crippen LogP contribution in [-0.4, -0.2) is 0 Å². The Morgan fingerprint density at radius 1 is 0.870 bits per heavy atom. The van der Waals surface area contributed by atoms with E-state index in [-0.39, 0.29) is 23.6 Å². The Kier molecular flexibility index (Phi) is 5.08. The van der Waals surface area contributed by atoms with Gasteiger partial charge in [-0.15, -0.1) is 0 Å². The van der Waals surface area contributed by atoms with Crippen LogP contribution in [0.2, 0.25) is 0 Å². The second-order valence-electron chi connectivity index (χ2n) is 4.52. The lowest BCUT2D eigenvalue weighted by molar-refractivity contribution is 0.306. The van der Waals surface area contributed by atoms with E-state index < -0.39 is 0 Å². The van der Waals surface area contributed by atoms with Crippen LogP contribution in [0.3, 0.4) is 0 Å². The molecule has 2 rings (SSSR count). The van der Waals surface area contributed by atoms with Gasteiger partial charge >= 0.3 is 0 Å². The minimum atomic E-state index is -0.306. The maximum Gasteiger partial charge on any atom is 0.148 e. The minimum absolute atomic E-state index is 0.0279. The lowest BCUT2D eigenvalue weighted by Crippen LogP contribution is -1.95. The number of nitriles is 3. The second kappa shape index (κ2) is 7.41. The molecular formula is C18H10FN3O. The maximum absolute atomic E-state index is 12.8. The van der Waals surface area contributed by atoms with Crippen molar-refractivity contribution in [3.8, 4) is 24.0 Å². The normalized spacial score (nSPS) is 9.13. The number of rotatable bonds is 4. The van der Waals surface area contributed by atoms with E-state index in [1.54, 1.807) is 48.5 Å². The number of hydrogen-bond donors (Lipinski definition) is 0. The molecule has 0 radical (unpaired) electrons. The summed E-state index contributed by atoms with van der Waals surface area (Å²) >= 11 is 0. The summed E-state index contributed by atoms with van der Waals surface area (Å²) in [6.07, 6.45) is 0. The monoisotopic (exact) mass is 303 g/mol. The average Bonchev–Trinajstić information content (AvgIpc) is 2.60. The van der Waals surface area contributed by atoms with Gasteiger partial charge in [-0.2, -0.15) is 15.8 Å². The van der Waals surface area contributed by atoms with Gasteiger partial charge in [0.1, 0.15) is 42.0 Å². The van der Waals surface area contributed by atoms with Crippen molar-refractivity contribution in [3.05, 3.63) is 71.0 Å². The van der Waals surface area contributed by atoms with Gasteiger partial charge in [0, 0.05) is 0 Å². The molecule has 0 fully saturated rings. The molecule has 0 N–H and O–H groups in total. The number of allylic oxidation sites excluding steroid dienone is 2. The second-order valence-corrected chi connectivity index (χ2v) is 4.52. The van der Waals surface area contributed by atoms with Crippen LogP contribution in [-0.2, 0) is 6.61 Å². The van der Waals surface area contributed by atoms with E-state index in [0.29, 0.717) is 11.3 Å². The first-order valence-electron chi connectivity index (χ1n) is 6.60. The number of benzene rings is 2. The Morgan fingerprint density at radius 2 is 1.48 bits per heavy atom. The van der Waals surface area contributed by atoms with Gasteiger partial charge < -0.3 is 4.74 Å². The molecule has 2 aromatic carbocycles. The fourth-order valence-electron chi connectivity index (χ4n) is 1.87. The molecule has 0 bridgehead atoms. The van der Waals surface area contributed by atoms with Crippen molar-refractivity contribution in [1.82, 2.24) is 0 Å². The van der Waals surface area contributed by atoms with E-state index in [4.69, 9.17) is 20.5 Å². The summed E-state index contributed by atoms with van der Waals surface area (Å²) in [5, 5.41) is 26.8. The Labute approximate surface area is 132 Å². The van der Waals surface area contributed by atoms with E-state index in [1.165, 1.54) is 12.1 Å². The van der Waals surface area contributed by atoms with Crippen molar-refractivity contribution in [2.45, 2.75) is 6.61 Å². The maximum atomic E-state index is 12.8. The number of nitrogens with zero attached hydrogens (tertiary/aromatic N) is 3. The Balaban J connectivity index is 2.13. The highest BCUT2D eigenvalue weighted by atomic mass is 19.1. The van der Waals surface area contributed by atoms with E-state index >= 15 is 0 Å². The predicted octanol–water partition coefficient (Wildman–Crippen LogP) is 3.73. The molecule has 0 aromatic heterocycles. The summed E-state index contributed by atoms with van der Waals surface area (Å²) in [7, 11) is 0. The SMILES string of the molecule is N#CC(C#N)=C(C#N)c1ccc(OCc2ccc(F)cc2)cc1. The van der Waals surface area contributed by atoms with Gasteiger partial charge in [0.25, 0.3) is 0 Å². The third-order valence-electron chi connectivity index (χ3n) is 3.05. The molecule has 110 valence electrons. The average molecular weight is 303 g/mol. The van der Waals surface area contributed by atoms with Gasteiger partial charge in [0.2, 0.25) is 0 Å². The lowest BCUT2D eigenvalue weighted by Gasteiger charge is -2.07. The molecule has 0 heterocycles. The van der Waals surface area contributed by atoms with Crippen molar-refractivity contribution in [2.75, 3.05) is 0 Å². The minimum Gasteiger partial charge on any atom is -0.489 e. The first-order chi connectivity index (χ1) is 11.2. The number of hydrogen-bond acceptors (Lipinski definition) is 4. The highest BCUT2D eigenvalue weighted by molar-refractivity contribution is 5.84. The molecular weight excluding hydrogens is 293 g/mol. The molecule has 2 aromatic rings. The Morgan fingerprint density at radius 3 is 2.00 bits per heavy atom. The highest BCUT2D eigenvalue weighted by Crippen LogP contribution is 2.21. The largest absolute Gasteiger partial charge is 0.489 e. The summed E-state index contributed by atoms with van der Waals surface area (Å²) in [6.45, 7) is 0.280. The summed E-state index contributed by atoms with van der Waals surface area (Å²) in [4.78, 5) is 0. The molecule has 0 amide bonds. The molecule has 0 unspecified atom stereocenters. The quantitative estimate of drug-likeness (QED) is 0.806. The zero-order chi connectivity index (χ0) is 16.7. The van der Waals surface area contributed by atoms with Crippen molar-refractivity contribution in [1.29, 1.82) is 15.8 Å². The first kappa shape index (κ1) is 15.8. The smallest absolute Gasteiger partial charge is 0.148 e. The predicted molar refractivity (Wildman–Crippen MR) is 80.9 cm³/mol. The molecule has 23 heavy (non-hydrogen) atoms. The standard InChI is InChI=1S/C18H10FN3O/c19-16-5-1-13(2-6-16)12-23-17-7-3-14(4-8-17)18(11-22)15(9-20)10-21/h1-8H,12H2. The van der Waals surface area contributed by atoms with Crippen molar-refractivity contribution in [2.24, 2.45) is 0 Å². The molecule has 0 spiro atoms. The molecule has 4 nitrogen and oxygen atoms in total. The number of halogens is 1. The van der Waals surface area contributed by atoms with Crippen LogP contribution in [0.4, 0.5) is 4.39 Å². The van der Waals surface area contributed by atoms with Crippen molar-refractivity contribution >= 4 is 5.57 Å². The fraction of sp³-hybridized carbons (Fsp3) is 0.0556. The fourth-order valence-corrected chi connectivity index (χ4v) is 1.87. The van der Waals surface area contributed by atoms with Gasteiger partial charge in [-0.05, 0) is 47.5 Å². The van der Waals surface area contributed by atoms with Gasteiger partial charge in [0.05, 0.1) is 5.57 Å². The van der Waals surface area contributed by atoms with E-state index in [1.807, 2.05) is 6.07 Å². The Hall–Kier alpha value is -3.62. The van der Waals surface area contributed by atoms with Crippen molar-refractivity contribution in [3.63, 3.8) is 0 Å². The van der Waals surface area contributed by atoms with Crippen molar-refractivity contribution < 1.29 is 9.13 Å². The Bertz CT molecular complexity index is 832. The van der Waals surface area contributed by atoms with Crippen LogP contribution in [0, 0.1) is 39.8 Å². The van der Waals surface area contributed by atoms with Gasteiger partial charge in [0.15, 0.2) is 0 Å². The summed E-state index contributed by atoms with van der Waals surface area (Å²) in [5.41, 5.74) is 1.09. The van der Waals surface area contributed by atoms with Gasteiger partial charge in [-0.1, -0.05) is 12.1 Å². The molecule has 0 saturated heterocycles. The lowest BCUT2D eigenvalue weighted by atomic mass is 10.0. The molecule has 0 aliphatic heterocycles. The summed E-state index contributed by atoms with van der Waals surface area (Å²) in [5.74, 6) is 0.255. The van der Waals surface area contributed by atoms with Gasteiger partial charge in [-0.3, -0.25) is 0 Å². The third-order valence-corrected chi connectivity index (χ3v) is 3.05. The molecule has 0 atom stereocenters.